The van der Waals surface area contributed by atoms with E-state index in [1.54, 1.807) is 14.0 Å². The van der Waals surface area contributed by atoms with Gasteiger partial charge in [0.05, 0.1) is 27.5 Å². The van der Waals surface area contributed by atoms with E-state index in [-0.39, 0.29) is 34.0 Å². The Morgan fingerprint density at radius 3 is 2.55 bits per heavy atom. The molecule has 0 saturated heterocycles. The highest BCUT2D eigenvalue weighted by molar-refractivity contribution is 7.92. The predicted molar refractivity (Wildman–Crippen MR) is 123 cm³/mol. The molecule has 0 amide bonds. The van der Waals surface area contributed by atoms with Crippen LogP contribution in [0.25, 0.3) is 11.3 Å². The molecule has 1 fully saturated rings. The molecule has 1 N–H and O–H groups in total. The molecular weight excluding hydrogens is 470 g/mol. The minimum absolute atomic E-state index is 0.0394. The van der Waals surface area contributed by atoms with Gasteiger partial charge in [0.15, 0.2) is 9.84 Å². The highest BCUT2D eigenvalue weighted by atomic mass is 35.5. The molecule has 3 atom stereocenters. The number of carbonyl (C=O) groups is 1. The number of aromatic nitrogens is 1. The van der Waals surface area contributed by atoms with Gasteiger partial charge in [-0.1, -0.05) is 25.4 Å². The van der Waals surface area contributed by atoms with Crippen LogP contribution in [0.2, 0.25) is 5.02 Å². The molecular formula is C23H26ClNO7S. The summed E-state index contributed by atoms with van der Waals surface area (Å²) >= 11 is 6.47. The van der Waals surface area contributed by atoms with Crippen molar-refractivity contribution in [2.45, 2.75) is 49.3 Å². The van der Waals surface area contributed by atoms with Gasteiger partial charge in [-0.05, 0) is 36.5 Å². The van der Waals surface area contributed by atoms with E-state index in [9.17, 15) is 23.1 Å². The lowest BCUT2D eigenvalue weighted by atomic mass is 9.98. The van der Waals surface area contributed by atoms with Crippen LogP contribution in [0.4, 0.5) is 0 Å². The third-order valence-corrected chi connectivity index (χ3v) is 8.91. The standard InChI is InChI=1S/C23H26ClNO7S/c1-4-19-13-9-15(23(27)28)22(26)25(17-8-12(17)2)21(13)14-10-16(24)18(32-7-5-6-31-3)11-20(14)33(19,29)30/h9-12,17,19H,4-8H2,1-3H3,(H,27,28)/t12-,17+,19?/m1/s1. The van der Waals surface area contributed by atoms with E-state index in [2.05, 4.69) is 0 Å². The summed E-state index contributed by atoms with van der Waals surface area (Å²) in [5.41, 5.74) is 0.00715. The molecule has 1 unspecified atom stereocenters. The summed E-state index contributed by atoms with van der Waals surface area (Å²) < 4.78 is 39.4. The minimum Gasteiger partial charge on any atom is -0.492 e. The maximum absolute atomic E-state index is 13.6. The number of methoxy groups -OCH3 is 1. The summed E-state index contributed by atoms with van der Waals surface area (Å²) in [5, 5.41) is 8.87. The van der Waals surface area contributed by atoms with E-state index in [1.807, 2.05) is 6.92 Å². The predicted octanol–water partition coefficient (Wildman–Crippen LogP) is 4.10. The Morgan fingerprint density at radius 2 is 1.97 bits per heavy atom. The zero-order chi connectivity index (χ0) is 24.1. The third-order valence-electron chi connectivity index (χ3n) is 6.33. The topological polar surface area (TPSA) is 112 Å². The van der Waals surface area contributed by atoms with Crippen LogP contribution >= 0.6 is 11.6 Å². The van der Waals surface area contributed by atoms with Crippen molar-refractivity contribution in [3.05, 3.63) is 44.7 Å². The SMILES string of the molecule is CCC1c2cc(C(=O)O)c(=O)n([C@H]3C[C@H]3C)c2-c2cc(Cl)c(OCCCOC)cc2S1(=O)=O. The van der Waals surface area contributed by atoms with E-state index >= 15 is 0 Å². The Balaban J connectivity index is 1.99. The Bertz CT molecular complexity index is 1280. The quantitative estimate of drug-likeness (QED) is 0.548. The Hall–Kier alpha value is -2.36. The fraction of sp³-hybridized carbons (Fsp3) is 0.478. The van der Waals surface area contributed by atoms with Crippen LogP contribution in [0.5, 0.6) is 5.75 Å². The molecule has 2 aliphatic rings. The normalized spacial score (nSPS) is 22.4. The van der Waals surface area contributed by atoms with Crippen molar-refractivity contribution >= 4 is 27.4 Å². The van der Waals surface area contributed by atoms with Crippen molar-refractivity contribution in [3.63, 3.8) is 0 Å². The molecule has 10 heteroatoms. The van der Waals surface area contributed by atoms with Crippen LogP contribution < -0.4 is 10.3 Å². The number of ether oxygens (including phenoxy) is 2. The molecule has 1 aromatic heterocycles. The molecule has 2 heterocycles. The van der Waals surface area contributed by atoms with Crippen molar-refractivity contribution in [1.29, 1.82) is 0 Å². The number of hydrogen-bond donors (Lipinski definition) is 1. The number of carboxylic acids is 1. The van der Waals surface area contributed by atoms with Gasteiger partial charge in [0.25, 0.3) is 5.56 Å². The zero-order valence-electron chi connectivity index (χ0n) is 18.6. The van der Waals surface area contributed by atoms with E-state index in [0.29, 0.717) is 42.9 Å². The summed E-state index contributed by atoms with van der Waals surface area (Å²) in [5.74, 6) is -0.957. The number of carboxylic acid groups (broad SMARTS) is 1. The van der Waals surface area contributed by atoms with Gasteiger partial charge in [-0.3, -0.25) is 4.79 Å². The average Bonchev–Trinajstić information content (AvgIpc) is 3.47. The van der Waals surface area contributed by atoms with Gasteiger partial charge in [0.2, 0.25) is 0 Å². The summed E-state index contributed by atoms with van der Waals surface area (Å²) in [7, 11) is -2.30. The number of hydrogen-bond acceptors (Lipinski definition) is 6. The first-order valence-corrected chi connectivity index (χ1v) is 12.8. The van der Waals surface area contributed by atoms with Crippen molar-refractivity contribution in [1.82, 2.24) is 4.57 Å². The van der Waals surface area contributed by atoms with Gasteiger partial charge in [-0.15, -0.1) is 0 Å². The molecule has 4 rings (SSSR count). The number of halogens is 1. The molecule has 1 saturated carbocycles. The number of rotatable bonds is 8. The van der Waals surface area contributed by atoms with Gasteiger partial charge in [-0.2, -0.15) is 0 Å². The molecule has 1 aliphatic heterocycles. The fourth-order valence-corrected chi connectivity index (χ4v) is 6.74. The minimum atomic E-state index is -3.88. The van der Waals surface area contributed by atoms with Crippen LogP contribution in [0.1, 0.15) is 60.3 Å². The van der Waals surface area contributed by atoms with Crippen molar-refractivity contribution in [2.24, 2.45) is 5.92 Å². The number of sulfone groups is 1. The second-order valence-electron chi connectivity index (χ2n) is 8.54. The van der Waals surface area contributed by atoms with Crippen molar-refractivity contribution in [3.8, 4) is 17.0 Å². The van der Waals surface area contributed by atoms with E-state index in [1.165, 1.54) is 22.8 Å². The third kappa shape index (κ3) is 3.96. The van der Waals surface area contributed by atoms with Gasteiger partial charge >= 0.3 is 5.97 Å². The van der Waals surface area contributed by atoms with Crippen LogP contribution in [0.3, 0.4) is 0 Å². The lowest BCUT2D eigenvalue weighted by Gasteiger charge is -2.30. The van der Waals surface area contributed by atoms with Gasteiger partial charge < -0.3 is 19.1 Å². The summed E-state index contributed by atoms with van der Waals surface area (Å²) in [4.78, 5) is 25.1. The van der Waals surface area contributed by atoms with E-state index < -0.39 is 32.2 Å². The van der Waals surface area contributed by atoms with Crippen LogP contribution in [0.15, 0.2) is 27.9 Å². The van der Waals surface area contributed by atoms with Crippen LogP contribution in [-0.4, -0.2) is 44.4 Å². The summed E-state index contributed by atoms with van der Waals surface area (Å²) in [6, 6.07) is 3.96. The highest BCUT2D eigenvalue weighted by Gasteiger charge is 2.44. The van der Waals surface area contributed by atoms with Crippen LogP contribution in [0, 0.1) is 5.92 Å². The molecule has 2 aromatic rings. The summed E-state index contributed by atoms with van der Waals surface area (Å²) in [6.07, 6.45) is 1.54. The lowest BCUT2D eigenvalue weighted by Crippen LogP contribution is -2.32. The Kier molecular flexibility index (Phi) is 6.32. The van der Waals surface area contributed by atoms with E-state index in [0.717, 1.165) is 0 Å². The van der Waals surface area contributed by atoms with Gasteiger partial charge in [-0.25, -0.2) is 13.2 Å². The maximum Gasteiger partial charge on any atom is 0.341 e. The molecule has 1 aliphatic carbocycles. The Labute approximate surface area is 197 Å². The average molecular weight is 496 g/mol. The molecule has 1 aromatic carbocycles. The van der Waals surface area contributed by atoms with Crippen LogP contribution in [-0.2, 0) is 14.6 Å². The molecule has 178 valence electrons. The molecule has 0 radical (unpaired) electrons. The summed E-state index contributed by atoms with van der Waals surface area (Å²) in [6.45, 7) is 4.49. The largest absolute Gasteiger partial charge is 0.492 e. The first-order chi connectivity index (χ1) is 15.6. The number of aromatic carboxylic acids is 1. The highest BCUT2D eigenvalue weighted by Crippen LogP contribution is 2.52. The number of pyridine rings is 1. The number of fused-ring (bicyclic) bond motifs is 3. The van der Waals surface area contributed by atoms with E-state index in [4.69, 9.17) is 21.1 Å². The molecule has 33 heavy (non-hydrogen) atoms. The van der Waals surface area contributed by atoms with Gasteiger partial charge in [0.1, 0.15) is 11.3 Å². The molecule has 0 spiro atoms. The van der Waals surface area contributed by atoms with Crippen molar-refractivity contribution < 1.29 is 27.8 Å². The number of benzene rings is 1. The second kappa shape index (κ2) is 8.77. The molecule has 8 nitrogen and oxygen atoms in total. The van der Waals surface area contributed by atoms with Crippen molar-refractivity contribution in [2.75, 3.05) is 20.3 Å². The Morgan fingerprint density at radius 1 is 1.27 bits per heavy atom. The zero-order valence-corrected chi connectivity index (χ0v) is 20.2. The molecule has 0 bridgehead atoms. The van der Waals surface area contributed by atoms with Gasteiger partial charge in [0, 0.05) is 37.8 Å². The fourth-order valence-electron chi connectivity index (χ4n) is 4.53. The smallest absolute Gasteiger partial charge is 0.341 e. The first kappa shape index (κ1) is 23.8. The second-order valence-corrected chi connectivity index (χ2v) is 11.0. The lowest BCUT2D eigenvalue weighted by molar-refractivity contribution is 0.0694. The monoisotopic (exact) mass is 495 g/mol. The number of nitrogens with zero attached hydrogens (tertiary/aromatic N) is 1. The maximum atomic E-state index is 13.6. The first-order valence-electron chi connectivity index (χ1n) is 10.9.